The van der Waals surface area contributed by atoms with E-state index in [1.54, 1.807) is 4.68 Å². The monoisotopic (exact) mass is 209 g/mol. The van der Waals surface area contributed by atoms with Crippen LogP contribution >= 0.6 is 0 Å². The van der Waals surface area contributed by atoms with Crippen LogP contribution in [0.2, 0.25) is 0 Å². The zero-order valence-corrected chi connectivity index (χ0v) is 9.90. The molecule has 1 atom stereocenters. The third-order valence-corrected chi connectivity index (χ3v) is 2.57. The third kappa shape index (κ3) is 2.58. The maximum atomic E-state index is 12.0. The fourth-order valence-corrected chi connectivity index (χ4v) is 1.56. The Balaban J connectivity index is 2.76. The fraction of sp³-hybridized carbons (Fsp3) is 0.636. The molecule has 0 bridgehead atoms. The zero-order chi connectivity index (χ0) is 11.4. The Morgan fingerprint density at radius 3 is 2.53 bits per heavy atom. The minimum absolute atomic E-state index is 0.128. The molecule has 1 unspecified atom stereocenters. The second-order valence-corrected chi connectivity index (χ2v) is 3.62. The second-order valence-electron chi connectivity index (χ2n) is 3.62. The smallest absolute Gasteiger partial charge is 0.247 e. The molecule has 0 fully saturated rings. The van der Waals surface area contributed by atoms with E-state index in [1.807, 2.05) is 44.9 Å². The van der Waals surface area contributed by atoms with Gasteiger partial charge in [-0.2, -0.15) is 5.10 Å². The highest BCUT2D eigenvalue weighted by atomic mass is 16.2. The summed E-state index contributed by atoms with van der Waals surface area (Å²) >= 11 is 0. The molecule has 1 aromatic rings. The SMILES string of the molecule is CCN(CC)C(=O)C(C)n1ccc(C)n1. The molecule has 1 amide bonds. The minimum Gasteiger partial charge on any atom is -0.341 e. The quantitative estimate of drug-likeness (QED) is 0.755. The van der Waals surface area contributed by atoms with Crippen LogP contribution in [-0.2, 0) is 4.79 Å². The number of nitrogens with zero attached hydrogens (tertiary/aromatic N) is 3. The van der Waals surface area contributed by atoms with Crippen LogP contribution in [0.1, 0.15) is 32.5 Å². The van der Waals surface area contributed by atoms with Gasteiger partial charge >= 0.3 is 0 Å². The molecule has 1 heterocycles. The van der Waals surface area contributed by atoms with Crippen molar-refractivity contribution in [2.24, 2.45) is 0 Å². The molecule has 0 spiro atoms. The Kier molecular flexibility index (Phi) is 3.88. The van der Waals surface area contributed by atoms with E-state index in [0.717, 1.165) is 18.8 Å². The predicted octanol–water partition coefficient (Wildman–Crippen LogP) is 1.62. The van der Waals surface area contributed by atoms with Gasteiger partial charge in [0.1, 0.15) is 6.04 Å². The van der Waals surface area contributed by atoms with Crippen molar-refractivity contribution in [1.29, 1.82) is 0 Å². The van der Waals surface area contributed by atoms with E-state index in [0.29, 0.717) is 0 Å². The van der Waals surface area contributed by atoms with Gasteiger partial charge in [-0.25, -0.2) is 0 Å². The lowest BCUT2D eigenvalue weighted by Crippen LogP contribution is -2.36. The molecule has 0 saturated heterocycles. The van der Waals surface area contributed by atoms with E-state index in [2.05, 4.69) is 5.10 Å². The number of carbonyl (C=O) groups excluding carboxylic acids is 1. The Morgan fingerprint density at radius 1 is 1.53 bits per heavy atom. The number of aryl methyl sites for hydroxylation is 1. The molecule has 0 N–H and O–H groups in total. The standard InChI is InChI=1S/C11H19N3O/c1-5-13(6-2)11(15)10(4)14-8-7-9(3)12-14/h7-8,10H,5-6H2,1-4H3. The van der Waals surface area contributed by atoms with Crippen LogP contribution in [0.15, 0.2) is 12.3 Å². The van der Waals surface area contributed by atoms with Crippen molar-refractivity contribution in [1.82, 2.24) is 14.7 Å². The molecular formula is C11H19N3O. The van der Waals surface area contributed by atoms with Crippen LogP contribution in [0.4, 0.5) is 0 Å². The van der Waals surface area contributed by atoms with Gasteiger partial charge < -0.3 is 4.90 Å². The van der Waals surface area contributed by atoms with Crippen molar-refractivity contribution in [2.45, 2.75) is 33.7 Å². The summed E-state index contributed by atoms with van der Waals surface area (Å²) in [5, 5.41) is 4.25. The Labute approximate surface area is 90.9 Å². The summed E-state index contributed by atoms with van der Waals surface area (Å²) in [6, 6.07) is 1.70. The molecule has 0 aliphatic carbocycles. The summed E-state index contributed by atoms with van der Waals surface area (Å²) in [6.07, 6.45) is 1.85. The largest absolute Gasteiger partial charge is 0.341 e. The summed E-state index contributed by atoms with van der Waals surface area (Å²) in [5.74, 6) is 0.128. The summed E-state index contributed by atoms with van der Waals surface area (Å²) < 4.78 is 1.72. The van der Waals surface area contributed by atoms with E-state index >= 15 is 0 Å². The molecule has 1 rings (SSSR count). The van der Waals surface area contributed by atoms with Gasteiger partial charge in [0.05, 0.1) is 5.69 Å². The average Bonchev–Trinajstić information content (AvgIpc) is 2.65. The highest BCUT2D eigenvalue weighted by molar-refractivity contribution is 5.79. The summed E-state index contributed by atoms with van der Waals surface area (Å²) in [6.45, 7) is 9.28. The molecule has 0 aliphatic heterocycles. The number of hydrogen-bond donors (Lipinski definition) is 0. The highest BCUT2D eigenvalue weighted by Crippen LogP contribution is 2.09. The van der Waals surface area contributed by atoms with Crippen molar-refractivity contribution in [3.8, 4) is 0 Å². The molecule has 0 saturated carbocycles. The molecular weight excluding hydrogens is 190 g/mol. The summed E-state index contributed by atoms with van der Waals surface area (Å²) in [7, 11) is 0. The van der Waals surface area contributed by atoms with Crippen LogP contribution in [0.5, 0.6) is 0 Å². The lowest BCUT2D eigenvalue weighted by atomic mass is 10.3. The van der Waals surface area contributed by atoms with Gasteiger partial charge in [-0.15, -0.1) is 0 Å². The number of hydrogen-bond acceptors (Lipinski definition) is 2. The average molecular weight is 209 g/mol. The second kappa shape index (κ2) is 4.96. The molecule has 0 radical (unpaired) electrons. The van der Waals surface area contributed by atoms with Gasteiger partial charge in [0.15, 0.2) is 0 Å². The number of rotatable bonds is 4. The number of amides is 1. The van der Waals surface area contributed by atoms with Crippen LogP contribution in [0, 0.1) is 6.92 Å². The first-order valence-corrected chi connectivity index (χ1v) is 5.40. The third-order valence-electron chi connectivity index (χ3n) is 2.57. The maximum absolute atomic E-state index is 12.0. The van der Waals surface area contributed by atoms with E-state index < -0.39 is 0 Å². The highest BCUT2D eigenvalue weighted by Gasteiger charge is 2.19. The van der Waals surface area contributed by atoms with Crippen molar-refractivity contribution in [2.75, 3.05) is 13.1 Å². The van der Waals surface area contributed by atoms with Crippen molar-refractivity contribution in [3.05, 3.63) is 18.0 Å². The molecule has 84 valence electrons. The van der Waals surface area contributed by atoms with Gasteiger partial charge in [0.25, 0.3) is 0 Å². The normalized spacial score (nSPS) is 12.5. The Bertz CT molecular complexity index is 328. The topological polar surface area (TPSA) is 38.1 Å². The van der Waals surface area contributed by atoms with Crippen LogP contribution in [0.25, 0.3) is 0 Å². The van der Waals surface area contributed by atoms with Gasteiger partial charge in [-0.05, 0) is 33.8 Å². The molecule has 1 aromatic heterocycles. The Morgan fingerprint density at radius 2 is 2.13 bits per heavy atom. The van der Waals surface area contributed by atoms with Crippen molar-refractivity contribution in [3.63, 3.8) is 0 Å². The fourth-order valence-electron chi connectivity index (χ4n) is 1.56. The van der Waals surface area contributed by atoms with Gasteiger partial charge in [0.2, 0.25) is 5.91 Å². The Hall–Kier alpha value is -1.32. The molecule has 4 nitrogen and oxygen atoms in total. The van der Waals surface area contributed by atoms with E-state index in [9.17, 15) is 4.79 Å². The van der Waals surface area contributed by atoms with E-state index in [4.69, 9.17) is 0 Å². The van der Waals surface area contributed by atoms with Crippen molar-refractivity contribution < 1.29 is 4.79 Å². The molecule has 15 heavy (non-hydrogen) atoms. The van der Waals surface area contributed by atoms with Gasteiger partial charge in [0, 0.05) is 19.3 Å². The minimum atomic E-state index is -0.210. The zero-order valence-electron chi connectivity index (χ0n) is 9.90. The van der Waals surface area contributed by atoms with Crippen molar-refractivity contribution >= 4 is 5.91 Å². The van der Waals surface area contributed by atoms with Crippen LogP contribution < -0.4 is 0 Å². The predicted molar refractivity (Wildman–Crippen MR) is 59.6 cm³/mol. The van der Waals surface area contributed by atoms with E-state index in [-0.39, 0.29) is 11.9 Å². The van der Waals surface area contributed by atoms with Gasteiger partial charge in [-0.3, -0.25) is 9.48 Å². The maximum Gasteiger partial charge on any atom is 0.247 e. The molecule has 4 heteroatoms. The first-order chi connectivity index (χ1) is 7.10. The first-order valence-electron chi connectivity index (χ1n) is 5.40. The number of carbonyl (C=O) groups is 1. The summed E-state index contributed by atoms with van der Waals surface area (Å²) in [4.78, 5) is 13.8. The number of likely N-dealkylation sites (N-methyl/N-ethyl adjacent to an activating group) is 1. The lowest BCUT2D eigenvalue weighted by molar-refractivity contribution is -0.134. The van der Waals surface area contributed by atoms with Gasteiger partial charge in [-0.1, -0.05) is 0 Å². The van der Waals surface area contributed by atoms with Crippen LogP contribution in [-0.4, -0.2) is 33.7 Å². The van der Waals surface area contributed by atoms with E-state index in [1.165, 1.54) is 0 Å². The first kappa shape index (κ1) is 11.8. The molecule has 0 aliphatic rings. The summed E-state index contributed by atoms with van der Waals surface area (Å²) in [5.41, 5.74) is 0.939. The molecule has 0 aromatic carbocycles. The lowest BCUT2D eigenvalue weighted by Gasteiger charge is -2.22. The van der Waals surface area contributed by atoms with Crippen LogP contribution in [0.3, 0.4) is 0 Å². The number of aromatic nitrogens is 2.